The minimum Gasteiger partial charge on any atom is -0.397 e. The highest BCUT2D eigenvalue weighted by molar-refractivity contribution is 6.33. The van der Waals surface area contributed by atoms with Gasteiger partial charge in [-0.25, -0.2) is 0 Å². The van der Waals surface area contributed by atoms with E-state index in [9.17, 15) is 9.59 Å². The second-order valence-corrected chi connectivity index (χ2v) is 7.50. The maximum Gasteiger partial charge on any atom is 0.255 e. The van der Waals surface area contributed by atoms with Gasteiger partial charge in [-0.15, -0.1) is 0 Å². The summed E-state index contributed by atoms with van der Waals surface area (Å²) in [5, 5.41) is 6.47. The van der Waals surface area contributed by atoms with Gasteiger partial charge >= 0.3 is 0 Å². The van der Waals surface area contributed by atoms with Crippen molar-refractivity contribution in [2.24, 2.45) is 0 Å². The maximum atomic E-state index is 12.5. The SMILES string of the molecule is CCN(C)CC.Nc1ccc(C(=O)Nc2ccc(C=O)cc2)cc1Nc1ccccc1Cl. The molecule has 0 saturated carbocycles. The molecule has 7 heteroatoms. The van der Waals surface area contributed by atoms with E-state index in [0.29, 0.717) is 38.9 Å². The lowest BCUT2D eigenvalue weighted by atomic mass is 10.1. The lowest BCUT2D eigenvalue weighted by Gasteiger charge is -2.13. The Labute approximate surface area is 194 Å². The molecular weight excluding hydrogens is 424 g/mol. The summed E-state index contributed by atoms with van der Waals surface area (Å²) in [6.45, 7) is 6.64. The van der Waals surface area contributed by atoms with Crippen LogP contribution in [-0.4, -0.2) is 37.2 Å². The highest BCUT2D eigenvalue weighted by atomic mass is 35.5. The number of anilines is 4. The number of hydrogen-bond donors (Lipinski definition) is 3. The van der Waals surface area contributed by atoms with Crippen molar-refractivity contribution in [1.82, 2.24) is 4.90 Å². The molecule has 0 saturated heterocycles. The molecule has 0 spiro atoms. The normalized spacial score (nSPS) is 10.2. The van der Waals surface area contributed by atoms with Crippen molar-refractivity contribution in [3.05, 3.63) is 82.9 Å². The molecule has 0 bridgehead atoms. The Balaban J connectivity index is 0.000000534. The van der Waals surface area contributed by atoms with Gasteiger partial charge in [0.15, 0.2) is 0 Å². The van der Waals surface area contributed by atoms with Crippen LogP contribution in [0.4, 0.5) is 22.7 Å². The number of benzene rings is 3. The van der Waals surface area contributed by atoms with Crippen LogP contribution in [0.3, 0.4) is 0 Å². The van der Waals surface area contributed by atoms with E-state index < -0.39 is 0 Å². The van der Waals surface area contributed by atoms with E-state index in [-0.39, 0.29) is 5.91 Å². The van der Waals surface area contributed by atoms with Crippen LogP contribution in [0.2, 0.25) is 5.02 Å². The fourth-order valence-electron chi connectivity index (χ4n) is 2.59. The van der Waals surface area contributed by atoms with Gasteiger partial charge in [0.2, 0.25) is 0 Å². The number of nitrogen functional groups attached to an aromatic ring is 1. The lowest BCUT2D eigenvalue weighted by molar-refractivity contribution is 0.102. The molecule has 0 unspecified atom stereocenters. The van der Waals surface area contributed by atoms with Crippen LogP contribution in [0.5, 0.6) is 0 Å². The number of carbonyl (C=O) groups is 2. The molecule has 168 valence electrons. The minimum atomic E-state index is -0.286. The number of nitrogens with two attached hydrogens (primary N) is 1. The largest absolute Gasteiger partial charge is 0.397 e. The summed E-state index contributed by atoms with van der Waals surface area (Å²) in [5.74, 6) is -0.286. The number of nitrogens with one attached hydrogen (secondary N) is 2. The third kappa shape index (κ3) is 7.41. The number of hydrogen-bond acceptors (Lipinski definition) is 5. The van der Waals surface area contributed by atoms with Gasteiger partial charge in [-0.05, 0) is 74.7 Å². The van der Waals surface area contributed by atoms with Crippen molar-refractivity contribution in [2.45, 2.75) is 13.8 Å². The molecule has 0 aliphatic rings. The molecule has 1 amide bonds. The zero-order valence-electron chi connectivity index (χ0n) is 18.6. The summed E-state index contributed by atoms with van der Waals surface area (Å²) in [7, 11) is 2.11. The predicted octanol–water partition coefficient (Wildman–Crippen LogP) is 5.69. The van der Waals surface area contributed by atoms with E-state index in [4.69, 9.17) is 17.3 Å². The molecule has 3 aromatic carbocycles. The van der Waals surface area contributed by atoms with Gasteiger partial charge in [-0.3, -0.25) is 9.59 Å². The maximum absolute atomic E-state index is 12.5. The second kappa shape index (κ2) is 12.5. The monoisotopic (exact) mass is 452 g/mol. The van der Waals surface area contributed by atoms with E-state index in [2.05, 4.69) is 36.4 Å². The molecule has 0 aliphatic carbocycles. The van der Waals surface area contributed by atoms with E-state index in [1.807, 2.05) is 18.2 Å². The Morgan fingerprint density at radius 3 is 2.22 bits per heavy atom. The summed E-state index contributed by atoms with van der Waals surface area (Å²) < 4.78 is 0. The highest BCUT2D eigenvalue weighted by Gasteiger charge is 2.10. The van der Waals surface area contributed by atoms with Gasteiger partial charge in [0.25, 0.3) is 5.91 Å². The van der Waals surface area contributed by atoms with Gasteiger partial charge < -0.3 is 21.3 Å². The number of halogens is 1. The van der Waals surface area contributed by atoms with Crippen LogP contribution in [0.1, 0.15) is 34.6 Å². The first-order chi connectivity index (χ1) is 15.4. The molecule has 0 aliphatic heterocycles. The van der Waals surface area contributed by atoms with E-state index in [1.54, 1.807) is 48.5 Å². The minimum absolute atomic E-state index is 0.286. The Morgan fingerprint density at radius 1 is 1.00 bits per heavy atom. The Kier molecular flexibility index (Phi) is 9.73. The van der Waals surface area contributed by atoms with Crippen LogP contribution in [-0.2, 0) is 0 Å². The summed E-state index contributed by atoms with van der Waals surface area (Å²) in [5.41, 5.74) is 9.36. The Morgan fingerprint density at radius 2 is 1.66 bits per heavy atom. The first kappa shape index (κ1) is 24.9. The quantitative estimate of drug-likeness (QED) is 0.316. The first-order valence-electron chi connectivity index (χ1n) is 10.3. The molecule has 4 N–H and O–H groups in total. The van der Waals surface area contributed by atoms with Crippen molar-refractivity contribution < 1.29 is 9.59 Å². The average Bonchev–Trinajstić information content (AvgIpc) is 2.82. The number of amides is 1. The van der Waals surface area contributed by atoms with Crippen LogP contribution in [0.15, 0.2) is 66.7 Å². The van der Waals surface area contributed by atoms with Gasteiger partial charge in [0.05, 0.1) is 22.1 Å². The number of nitrogens with zero attached hydrogens (tertiary/aromatic N) is 1. The molecule has 6 nitrogen and oxygen atoms in total. The molecule has 3 rings (SSSR count). The number of aldehydes is 1. The average molecular weight is 453 g/mol. The van der Waals surface area contributed by atoms with Crippen LogP contribution in [0.25, 0.3) is 0 Å². The number of carbonyl (C=O) groups excluding carboxylic acids is 2. The predicted molar refractivity (Wildman–Crippen MR) is 134 cm³/mol. The lowest BCUT2D eigenvalue weighted by Crippen LogP contribution is -2.15. The molecule has 0 aromatic heterocycles. The van der Waals surface area contributed by atoms with Crippen LogP contribution in [0, 0.1) is 0 Å². The van der Waals surface area contributed by atoms with E-state index in [0.717, 1.165) is 19.4 Å². The van der Waals surface area contributed by atoms with Gasteiger partial charge in [-0.2, -0.15) is 0 Å². The van der Waals surface area contributed by atoms with Crippen molar-refractivity contribution in [3.8, 4) is 0 Å². The highest BCUT2D eigenvalue weighted by Crippen LogP contribution is 2.29. The second-order valence-electron chi connectivity index (χ2n) is 7.09. The summed E-state index contributed by atoms with van der Waals surface area (Å²) in [6, 6.07) is 18.8. The van der Waals surface area contributed by atoms with Crippen molar-refractivity contribution >= 4 is 46.5 Å². The Hall–Kier alpha value is -3.35. The summed E-state index contributed by atoms with van der Waals surface area (Å²) in [6.07, 6.45) is 0.748. The Bertz CT molecular complexity index is 1030. The van der Waals surface area contributed by atoms with Gasteiger partial charge in [0.1, 0.15) is 6.29 Å². The molecule has 0 atom stereocenters. The van der Waals surface area contributed by atoms with Crippen molar-refractivity contribution in [3.63, 3.8) is 0 Å². The third-order valence-electron chi connectivity index (χ3n) is 4.84. The molecule has 0 heterocycles. The van der Waals surface area contributed by atoms with Gasteiger partial charge in [0, 0.05) is 16.8 Å². The molecule has 32 heavy (non-hydrogen) atoms. The van der Waals surface area contributed by atoms with Crippen molar-refractivity contribution in [2.75, 3.05) is 36.5 Å². The van der Waals surface area contributed by atoms with Crippen LogP contribution >= 0.6 is 11.6 Å². The summed E-state index contributed by atoms with van der Waals surface area (Å²) in [4.78, 5) is 25.4. The standard InChI is InChI=1S/C20H16ClN3O2.C5H13N/c21-16-3-1-2-4-18(16)24-19-11-14(7-10-17(19)22)20(26)23-15-8-5-13(12-25)6-9-15;1-4-6(3)5-2/h1-12,24H,22H2,(H,23,26);4-5H2,1-3H3. The van der Waals surface area contributed by atoms with E-state index in [1.165, 1.54) is 0 Å². The van der Waals surface area contributed by atoms with Crippen LogP contribution < -0.4 is 16.4 Å². The number of rotatable bonds is 7. The number of para-hydroxylation sites is 1. The van der Waals surface area contributed by atoms with Crippen molar-refractivity contribution in [1.29, 1.82) is 0 Å². The van der Waals surface area contributed by atoms with E-state index >= 15 is 0 Å². The molecule has 3 aromatic rings. The fourth-order valence-corrected chi connectivity index (χ4v) is 2.77. The topological polar surface area (TPSA) is 87.5 Å². The third-order valence-corrected chi connectivity index (χ3v) is 5.17. The molecular formula is C25H29ClN4O2. The zero-order valence-corrected chi connectivity index (χ0v) is 19.3. The van der Waals surface area contributed by atoms with Gasteiger partial charge in [-0.1, -0.05) is 37.6 Å². The fraction of sp³-hybridized carbons (Fsp3) is 0.200. The smallest absolute Gasteiger partial charge is 0.255 e. The summed E-state index contributed by atoms with van der Waals surface area (Å²) >= 11 is 6.15. The zero-order chi connectivity index (χ0) is 23.5. The molecule has 0 fully saturated rings. The molecule has 0 radical (unpaired) electrons. The first-order valence-corrected chi connectivity index (χ1v) is 10.7.